The van der Waals surface area contributed by atoms with Crippen molar-refractivity contribution in [3.8, 4) is 11.5 Å². The summed E-state index contributed by atoms with van der Waals surface area (Å²) >= 11 is 0. The van der Waals surface area contributed by atoms with Gasteiger partial charge < -0.3 is 14.2 Å². The fraction of sp³-hybridized carbons (Fsp3) is 0.375. The lowest BCUT2D eigenvalue weighted by Gasteiger charge is -2.15. The molecule has 1 rings (SSSR count). The van der Waals surface area contributed by atoms with E-state index < -0.39 is 18.0 Å². The lowest BCUT2D eigenvalue weighted by Crippen LogP contribution is -2.30. The number of ether oxygens (including phenoxy) is 3. The minimum atomic E-state index is -0.944. The normalized spacial score (nSPS) is 11.4. The van der Waals surface area contributed by atoms with E-state index in [1.807, 2.05) is 6.92 Å². The van der Waals surface area contributed by atoms with Gasteiger partial charge >= 0.3 is 11.9 Å². The molecule has 1 unspecified atom stereocenters. The summed E-state index contributed by atoms with van der Waals surface area (Å²) in [5, 5.41) is 0. The van der Waals surface area contributed by atoms with E-state index >= 15 is 0 Å². The fourth-order valence-electron chi connectivity index (χ4n) is 1.48. The van der Waals surface area contributed by atoms with Gasteiger partial charge in [0.05, 0.1) is 6.61 Å². The number of hydrogen-bond acceptors (Lipinski definition) is 5. The standard InChI is InChI=1S/C16H20O5/c1-5-14(21-15(17)11(3)4)16(18)20-13-9-7-12(8-10-13)19-6-2/h7-10,14H,3,5-6H2,1-2,4H3. The fourth-order valence-corrected chi connectivity index (χ4v) is 1.48. The second kappa shape index (κ2) is 8.09. The molecule has 0 fully saturated rings. The second-order valence-corrected chi connectivity index (χ2v) is 4.41. The van der Waals surface area contributed by atoms with Crippen LogP contribution in [0, 0.1) is 0 Å². The summed E-state index contributed by atoms with van der Waals surface area (Å²) in [6.07, 6.45) is -0.615. The molecule has 0 saturated carbocycles. The van der Waals surface area contributed by atoms with E-state index in [9.17, 15) is 9.59 Å². The third kappa shape index (κ3) is 5.30. The summed E-state index contributed by atoms with van der Waals surface area (Å²) in [5.41, 5.74) is 0.238. The number of carbonyl (C=O) groups excluding carboxylic acids is 2. The van der Waals surface area contributed by atoms with Crippen molar-refractivity contribution >= 4 is 11.9 Å². The molecule has 0 amide bonds. The van der Waals surface area contributed by atoms with Crippen LogP contribution < -0.4 is 9.47 Å². The molecule has 0 heterocycles. The Balaban J connectivity index is 2.65. The molecule has 21 heavy (non-hydrogen) atoms. The van der Waals surface area contributed by atoms with E-state index in [1.54, 1.807) is 31.2 Å². The molecule has 0 N–H and O–H groups in total. The Morgan fingerprint density at radius 3 is 2.19 bits per heavy atom. The topological polar surface area (TPSA) is 61.8 Å². The van der Waals surface area contributed by atoms with Gasteiger partial charge in [-0.15, -0.1) is 0 Å². The largest absolute Gasteiger partial charge is 0.494 e. The van der Waals surface area contributed by atoms with Gasteiger partial charge in [-0.1, -0.05) is 13.5 Å². The SMILES string of the molecule is C=C(C)C(=O)OC(CC)C(=O)Oc1ccc(OCC)cc1. The first-order valence-electron chi connectivity index (χ1n) is 6.79. The molecule has 0 aliphatic heterocycles. The molecule has 114 valence electrons. The summed E-state index contributed by atoms with van der Waals surface area (Å²) in [7, 11) is 0. The smallest absolute Gasteiger partial charge is 0.352 e. The van der Waals surface area contributed by atoms with Gasteiger partial charge in [0.2, 0.25) is 0 Å². The summed E-state index contributed by atoms with van der Waals surface area (Å²) in [6.45, 7) is 9.17. The zero-order valence-corrected chi connectivity index (χ0v) is 12.5. The average molecular weight is 292 g/mol. The lowest BCUT2D eigenvalue weighted by molar-refractivity contribution is -0.159. The Kier molecular flexibility index (Phi) is 6.46. The van der Waals surface area contributed by atoms with E-state index in [2.05, 4.69) is 6.58 Å². The molecule has 1 aromatic rings. The van der Waals surface area contributed by atoms with Gasteiger partial charge in [0.25, 0.3) is 0 Å². The van der Waals surface area contributed by atoms with Crippen LogP contribution >= 0.6 is 0 Å². The van der Waals surface area contributed by atoms with Gasteiger partial charge in [-0.3, -0.25) is 0 Å². The third-order valence-corrected chi connectivity index (χ3v) is 2.58. The van der Waals surface area contributed by atoms with Gasteiger partial charge in [0.1, 0.15) is 11.5 Å². The Hall–Kier alpha value is -2.30. The molecule has 0 bridgehead atoms. The molecule has 1 atom stereocenters. The number of rotatable bonds is 7. The highest BCUT2D eigenvalue weighted by atomic mass is 16.6. The average Bonchev–Trinajstić information content (AvgIpc) is 2.46. The number of carbonyl (C=O) groups is 2. The van der Waals surface area contributed by atoms with Crippen LogP contribution in [-0.4, -0.2) is 24.6 Å². The monoisotopic (exact) mass is 292 g/mol. The van der Waals surface area contributed by atoms with Crippen molar-refractivity contribution in [2.24, 2.45) is 0 Å². The van der Waals surface area contributed by atoms with Crippen molar-refractivity contribution in [3.05, 3.63) is 36.4 Å². The van der Waals surface area contributed by atoms with Crippen molar-refractivity contribution < 1.29 is 23.8 Å². The molecule has 0 aromatic heterocycles. The van der Waals surface area contributed by atoms with Crippen molar-refractivity contribution in [2.75, 3.05) is 6.61 Å². The van der Waals surface area contributed by atoms with E-state index in [0.29, 0.717) is 24.5 Å². The maximum atomic E-state index is 12.0. The molecule has 0 spiro atoms. The highest BCUT2D eigenvalue weighted by Crippen LogP contribution is 2.18. The second-order valence-electron chi connectivity index (χ2n) is 4.41. The predicted octanol–water partition coefficient (Wildman–Crippen LogP) is 2.89. The Morgan fingerprint density at radius 1 is 1.14 bits per heavy atom. The highest BCUT2D eigenvalue weighted by molar-refractivity contribution is 5.89. The zero-order chi connectivity index (χ0) is 15.8. The van der Waals surface area contributed by atoms with Crippen molar-refractivity contribution in [3.63, 3.8) is 0 Å². The first-order valence-corrected chi connectivity index (χ1v) is 6.79. The van der Waals surface area contributed by atoms with Crippen LogP contribution in [0.3, 0.4) is 0 Å². The molecular weight excluding hydrogens is 272 g/mol. The molecule has 5 nitrogen and oxygen atoms in total. The molecule has 0 aliphatic carbocycles. The van der Waals surface area contributed by atoms with Crippen LogP contribution in [-0.2, 0) is 14.3 Å². The Bertz CT molecular complexity index is 504. The van der Waals surface area contributed by atoms with Crippen LogP contribution in [0.15, 0.2) is 36.4 Å². The summed E-state index contributed by atoms with van der Waals surface area (Å²) in [5.74, 6) is -0.159. The van der Waals surface area contributed by atoms with Crippen LogP contribution in [0.1, 0.15) is 27.2 Å². The van der Waals surface area contributed by atoms with Gasteiger partial charge in [-0.25, -0.2) is 9.59 Å². The van der Waals surface area contributed by atoms with Crippen molar-refractivity contribution in [2.45, 2.75) is 33.3 Å². The first kappa shape index (κ1) is 16.8. The quantitative estimate of drug-likeness (QED) is 0.439. The summed E-state index contributed by atoms with van der Waals surface area (Å²) in [4.78, 5) is 23.4. The maximum absolute atomic E-state index is 12.0. The molecule has 5 heteroatoms. The Labute approximate surface area is 124 Å². The van der Waals surface area contributed by atoms with Gasteiger partial charge in [-0.2, -0.15) is 0 Å². The van der Waals surface area contributed by atoms with E-state index in [4.69, 9.17) is 14.2 Å². The van der Waals surface area contributed by atoms with Crippen molar-refractivity contribution in [1.29, 1.82) is 0 Å². The molecule has 0 saturated heterocycles. The lowest BCUT2D eigenvalue weighted by atomic mass is 10.2. The molecular formula is C16H20O5. The Morgan fingerprint density at radius 2 is 1.71 bits per heavy atom. The minimum Gasteiger partial charge on any atom is -0.494 e. The predicted molar refractivity (Wildman–Crippen MR) is 78.2 cm³/mol. The molecule has 0 radical (unpaired) electrons. The number of hydrogen-bond donors (Lipinski definition) is 0. The van der Waals surface area contributed by atoms with Crippen LogP contribution in [0.4, 0.5) is 0 Å². The molecule has 1 aromatic carbocycles. The van der Waals surface area contributed by atoms with Gasteiger partial charge in [-0.05, 0) is 44.5 Å². The van der Waals surface area contributed by atoms with E-state index in [1.165, 1.54) is 6.92 Å². The van der Waals surface area contributed by atoms with E-state index in [0.717, 1.165) is 0 Å². The first-order chi connectivity index (χ1) is 9.97. The zero-order valence-electron chi connectivity index (χ0n) is 12.5. The summed E-state index contributed by atoms with van der Waals surface area (Å²) < 4.78 is 15.5. The molecule has 0 aliphatic rings. The number of esters is 2. The maximum Gasteiger partial charge on any atom is 0.352 e. The van der Waals surface area contributed by atoms with Crippen molar-refractivity contribution in [1.82, 2.24) is 0 Å². The number of benzene rings is 1. The summed E-state index contributed by atoms with van der Waals surface area (Å²) in [6, 6.07) is 6.65. The minimum absolute atomic E-state index is 0.238. The van der Waals surface area contributed by atoms with Crippen LogP contribution in [0.2, 0.25) is 0 Å². The van der Waals surface area contributed by atoms with E-state index in [-0.39, 0.29) is 5.57 Å². The third-order valence-electron chi connectivity index (χ3n) is 2.58. The van der Waals surface area contributed by atoms with Crippen LogP contribution in [0.5, 0.6) is 11.5 Å². The van der Waals surface area contributed by atoms with Gasteiger partial charge in [0.15, 0.2) is 6.10 Å². The van der Waals surface area contributed by atoms with Crippen LogP contribution in [0.25, 0.3) is 0 Å². The highest BCUT2D eigenvalue weighted by Gasteiger charge is 2.23. The van der Waals surface area contributed by atoms with Gasteiger partial charge in [0, 0.05) is 5.57 Å².